The molecule has 1 amide bonds. The van der Waals surface area contributed by atoms with E-state index in [9.17, 15) is 9.59 Å². The number of hydrogen-bond acceptors (Lipinski definition) is 4. The van der Waals surface area contributed by atoms with Gasteiger partial charge in [-0.3, -0.25) is 9.59 Å². The Morgan fingerprint density at radius 1 is 1.29 bits per heavy atom. The van der Waals surface area contributed by atoms with E-state index >= 15 is 0 Å². The van der Waals surface area contributed by atoms with Crippen molar-refractivity contribution in [2.24, 2.45) is 17.3 Å². The highest BCUT2D eigenvalue weighted by molar-refractivity contribution is 6.31. The SMILES string of the molecule is CCOC(=O)C1CNCC1N1C=C(C(C)C)[C@](C)(c2ccc(CCC(C)(C)C)c(Cl)c2)CC1=O. The molecule has 1 aromatic carbocycles. The van der Waals surface area contributed by atoms with Gasteiger partial charge in [0.05, 0.1) is 18.6 Å². The van der Waals surface area contributed by atoms with Gasteiger partial charge in [0.1, 0.15) is 0 Å². The number of rotatable bonds is 7. The fourth-order valence-corrected chi connectivity index (χ4v) is 5.52. The molecule has 0 radical (unpaired) electrons. The summed E-state index contributed by atoms with van der Waals surface area (Å²) in [7, 11) is 0. The van der Waals surface area contributed by atoms with Crippen LogP contribution in [0.2, 0.25) is 5.02 Å². The first-order valence-electron chi connectivity index (χ1n) is 12.6. The van der Waals surface area contributed by atoms with Crippen molar-refractivity contribution in [3.63, 3.8) is 0 Å². The summed E-state index contributed by atoms with van der Waals surface area (Å²) in [4.78, 5) is 27.8. The van der Waals surface area contributed by atoms with Crippen LogP contribution in [0.4, 0.5) is 0 Å². The zero-order chi connectivity index (χ0) is 25.3. The van der Waals surface area contributed by atoms with Crippen molar-refractivity contribution < 1.29 is 14.3 Å². The highest BCUT2D eigenvalue weighted by atomic mass is 35.5. The van der Waals surface area contributed by atoms with Crippen LogP contribution in [0.5, 0.6) is 0 Å². The number of nitrogens with one attached hydrogen (secondary N) is 1. The Bertz CT molecular complexity index is 949. The van der Waals surface area contributed by atoms with Crippen LogP contribution < -0.4 is 5.32 Å². The lowest BCUT2D eigenvalue weighted by Crippen LogP contribution is -2.50. The van der Waals surface area contributed by atoms with E-state index in [0.29, 0.717) is 26.1 Å². The Morgan fingerprint density at radius 2 is 2.00 bits per heavy atom. The number of carbonyl (C=O) groups is 2. The monoisotopic (exact) mass is 488 g/mol. The summed E-state index contributed by atoms with van der Waals surface area (Å²) in [5, 5.41) is 4.04. The smallest absolute Gasteiger partial charge is 0.312 e. The van der Waals surface area contributed by atoms with Gasteiger partial charge in [-0.2, -0.15) is 0 Å². The summed E-state index contributed by atoms with van der Waals surface area (Å²) in [6.45, 7) is 16.4. The van der Waals surface area contributed by atoms with Crippen LogP contribution in [0, 0.1) is 17.3 Å². The number of ether oxygens (including phenoxy) is 1. The maximum absolute atomic E-state index is 13.5. The van der Waals surface area contributed by atoms with Gasteiger partial charge >= 0.3 is 5.97 Å². The number of aryl methyl sites for hydroxylation is 1. The molecule has 1 N–H and O–H groups in total. The first-order chi connectivity index (χ1) is 15.9. The van der Waals surface area contributed by atoms with Crippen LogP contribution in [-0.2, 0) is 26.2 Å². The molecular weight excluding hydrogens is 448 g/mol. The van der Waals surface area contributed by atoms with Crippen molar-refractivity contribution in [3.8, 4) is 0 Å². The van der Waals surface area contributed by atoms with E-state index < -0.39 is 5.41 Å². The molecule has 1 fully saturated rings. The molecule has 2 unspecified atom stereocenters. The number of benzene rings is 1. The minimum absolute atomic E-state index is 0.0304. The molecular formula is C28H41ClN2O3. The second-order valence-corrected chi connectivity index (χ2v) is 11.9. The van der Waals surface area contributed by atoms with E-state index in [1.807, 2.05) is 13.1 Å². The van der Waals surface area contributed by atoms with Crippen LogP contribution >= 0.6 is 11.6 Å². The van der Waals surface area contributed by atoms with E-state index in [-0.39, 0.29) is 35.2 Å². The van der Waals surface area contributed by atoms with Crippen LogP contribution in [0.15, 0.2) is 30.0 Å². The highest BCUT2D eigenvalue weighted by Crippen LogP contribution is 2.44. The summed E-state index contributed by atoms with van der Waals surface area (Å²) >= 11 is 6.74. The summed E-state index contributed by atoms with van der Waals surface area (Å²) in [6, 6.07) is 6.09. The van der Waals surface area contributed by atoms with Gasteiger partial charge in [-0.1, -0.05) is 65.3 Å². The third kappa shape index (κ3) is 5.68. The third-order valence-corrected chi connectivity index (χ3v) is 7.65. The number of carbonyl (C=O) groups excluding carboxylic acids is 2. The molecule has 6 heteroatoms. The Kier molecular flexibility index (Phi) is 8.19. The molecule has 3 rings (SSSR count). The maximum Gasteiger partial charge on any atom is 0.312 e. The Hall–Kier alpha value is -1.85. The van der Waals surface area contributed by atoms with Crippen LogP contribution in [0.25, 0.3) is 0 Å². The number of amides is 1. The predicted molar refractivity (Wildman–Crippen MR) is 138 cm³/mol. The lowest BCUT2D eigenvalue weighted by atomic mass is 9.68. The van der Waals surface area contributed by atoms with Gasteiger partial charge < -0.3 is 15.0 Å². The average Bonchev–Trinajstić information content (AvgIpc) is 3.21. The average molecular weight is 489 g/mol. The van der Waals surface area contributed by atoms with Gasteiger partial charge in [-0.05, 0) is 53.9 Å². The van der Waals surface area contributed by atoms with Crippen molar-refractivity contribution in [1.82, 2.24) is 10.2 Å². The molecule has 0 saturated carbocycles. The minimum atomic E-state index is -0.445. The van der Waals surface area contributed by atoms with Gasteiger partial charge in [0.2, 0.25) is 5.91 Å². The van der Waals surface area contributed by atoms with E-state index in [2.05, 4.69) is 65.1 Å². The lowest BCUT2D eigenvalue weighted by Gasteiger charge is -2.43. The van der Waals surface area contributed by atoms with Gasteiger partial charge in [0.15, 0.2) is 0 Å². The molecule has 2 heterocycles. The fourth-order valence-electron chi connectivity index (χ4n) is 5.25. The van der Waals surface area contributed by atoms with Crippen molar-refractivity contribution in [2.75, 3.05) is 19.7 Å². The predicted octanol–water partition coefficient (Wildman–Crippen LogP) is 5.50. The van der Waals surface area contributed by atoms with Gasteiger partial charge in [-0.25, -0.2) is 0 Å². The lowest BCUT2D eigenvalue weighted by molar-refractivity contribution is -0.149. The number of halogens is 1. The molecule has 0 spiro atoms. The Morgan fingerprint density at radius 3 is 2.59 bits per heavy atom. The van der Waals surface area contributed by atoms with Gasteiger partial charge in [0, 0.05) is 36.1 Å². The highest BCUT2D eigenvalue weighted by Gasteiger charge is 2.46. The molecule has 0 aliphatic carbocycles. The Labute approximate surface area is 210 Å². The quantitative estimate of drug-likeness (QED) is 0.515. The summed E-state index contributed by atoms with van der Waals surface area (Å²) in [6.07, 6.45) is 4.34. The Balaban J connectivity index is 1.93. The number of nitrogens with zero attached hydrogens (tertiary/aromatic N) is 1. The first-order valence-corrected chi connectivity index (χ1v) is 12.9. The van der Waals surface area contributed by atoms with Crippen molar-refractivity contribution in [1.29, 1.82) is 0 Å². The molecule has 1 aromatic rings. The number of allylic oxidation sites excluding steroid dienone is 1. The minimum Gasteiger partial charge on any atom is -0.466 e. The largest absolute Gasteiger partial charge is 0.466 e. The molecule has 2 aliphatic heterocycles. The van der Waals surface area contributed by atoms with Gasteiger partial charge in [-0.15, -0.1) is 0 Å². The summed E-state index contributed by atoms with van der Waals surface area (Å²) in [5.41, 5.74) is 3.20. The van der Waals surface area contributed by atoms with Crippen molar-refractivity contribution in [3.05, 3.63) is 46.1 Å². The zero-order valence-corrected chi connectivity index (χ0v) is 22.6. The van der Waals surface area contributed by atoms with Crippen LogP contribution in [0.1, 0.15) is 72.4 Å². The number of esters is 1. The van der Waals surface area contributed by atoms with E-state index in [0.717, 1.165) is 29.0 Å². The third-order valence-electron chi connectivity index (χ3n) is 7.29. The topological polar surface area (TPSA) is 58.6 Å². The second-order valence-electron chi connectivity index (χ2n) is 11.5. The normalized spacial score (nSPS) is 25.6. The zero-order valence-electron chi connectivity index (χ0n) is 21.8. The number of hydrogen-bond donors (Lipinski definition) is 1. The van der Waals surface area contributed by atoms with Crippen LogP contribution in [0.3, 0.4) is 0 Å². The van der Waals surface area contributed by atoms with Gasteiger partial charge in [0.25, 0.3) is 0 Å². The molecule has 2 aliphatic rings. The van der Waals surface area contributed by atoms with E-state index in [1.165, 1.54) is 5.57 Å². The molecule has 0 aromatic heterocycles. The van der Waals surface area contributed by atoms with E-state index in [1.54, 1.807) is 4.90 Å². The molecule has 3 atom stereocenters. The molecule has 34 heavy (non-hydrogen) atoms. The van der Waals surface area contributed by atoms with E-state index in [4.69, 9.17) is 16.3 Å². The standard InChI is InChI=1S/C28H41ClN2O3/c1-8-34-26(33)21-15-30-16-24(21)31-17-22(18(2)3)28(7,14-25(31)32)20-10-9-19(23(29)13-20)11-12-27(4,5)6/h9-10,13,17-18,21,24,30H,8,11-12,14-16H2,1-7H3/t21?,24?,28-/m0/s1. The van der Waals surface area contributed by atoms with Crippen LogP contribution in [-0.4, -0.2) is 42.5 Å². The second kappa shape index (κ2) is 10.4. The molecule has 0 bridgehead atoms. The molecule has 5 nitrogen and oxygen atoms in total. The molecule has 188 valence electrons. The van der Waals surface area contributed by atoms with Crippen molar-refractivity contribution in [2.45, 2.75) is 79.2 Å². The fraction of sp³-hybridized carbons (Fsp3) is 0.643. The maximum atomic E-state index is 13.5. The molecule has 1 saturated heterocycles. The summed E-state index contributed by atoms with van der Waals surface area (Å²) < 4.78 is 5.28. The summed E-state index contributed by atoms with van der Waals surface area (Å²) in [5.74, 6) is -0.330. The van der Waals surface area contributed by atoms with Crippen molar-refractivity contribution >= 4 is 23.5 Å². The first kappa shape index (κ1) is 26.7.